The van der Waals surface area contributed by atoms with E-state index >= 15 is 0 Å². The van der Waals surface area contributed by atoms with Crippen molar-refractivity contribution in [2.24, 2.45) is 0 Å². The van der Waals surface area contributed by atoms with Crippen molar-refractivity contribution < 1.29 is 18.7 Å². The van der Waals surface area contributed by atoms with Crippen LogP contribution in [-0.2, 0) is 0 Å². The first-order valence-electron chi connectivity index (χ1n) is 10.0. The van der Waals surface area contributed by atoms with E-state index < -0.39 is 5.97 Å². The van der Waals surface area contributed by atoms with Gasteiger partial charge in [-0.2, -0.15) is 5.10 Å². The number of hydrogen-bond donors (Lipinski definition) is 1. The highest BCUT2D eigenvalue weighted by molar-refractivity contribution is 5.96. The van der Waals surface area contributed by atoms with E-state index in [2.05, 4.69) is 10.00 Å². The van der Waals surface area contributed by atoms with Crippen molar-refractivity contribution in [2.45, 2.75) is 18.9 Å². The normalized spacial score (nSPS) is 16.2. The highest BCUT2D eigenvalue weighted by Gasteiger charge is 2.29. The van der Waals surface area contributed by atoms with Crippen molar-refractivity contribution in [1.29, 1.82) is 0 Å². The lowest BCUT2D eigenvalue weighted by Gasteiger charge is -2.29. The number of carboxylic acids is 1. The molecule has 0 unspecified atom stereocenters. The zero-order valence-corrected chi connectivity index (χ0v) is 16.5. The van der Waals surface area contributed by atoms with Gasteiger partial charge in [-0.3, -0.25) is 0 Å². The van der Waals surface area contributed by atoms with Gasteiger partial charge in [0.15, 0.2) is 0 Å². The molecule has 0 saturated carbocycles. The minimum atomic E-state index is -1.03. The van der Waals surface area contributed by atoms with E-state index in [1.54, 1.807) is 30.5 Å². The van der Waals surface area contributed by atoms with E-state index in [4.69, 9.17) is 0 Å². The average molecular weight is 419 g/mol. The van der Waals surface area contributed by atoms with E-state index in [0.29, 0.717) is 5.52 Å². The van der Waals surface area contributed by atoms with Gasteiger partial charge in [0.25, 0.3) is 0 Å². The molecule has 0 bridgehead atoms. The minimum Gasteiger partial charge on any atom is -0.478 e. The summed E-state index contributed by atoms with van der Waals surface area (Å²) in [7, 11) is 0. The van der Waals surface area contributed by atoms with Gasteiger partial charge in [0.05, 0.1) is 17.8 Å². The summed E-state index contributed by atoms with van der Waals surface area (Å²) in [6.07, 6.45) is 4.81. The lowest BCUT2D eigenvalue weighted by molar-refractivity contribution is 0.0699. The molecule has 5 rings (SSSR count). The smallest absolute Gasteiger partial charge is 0.339 e. The Morgan fingerprint density at radius 1 is 1.03 bits per heavy atom. The quantitative estimate of drug-likeness (QED) is 0.487. The summed E-state index contributed by atoms with van der Waals surface area (Å²) >= 11 is 0. The molecular weight excluding hydrogens is 400 g/mol. The fraction of sp³-hybridized carbons (Fsp3) is 0.167. The molecule has 2 aromatic heterocycles. The lowest BCUT2D eigenvalue weighted by atomic mass is 9.93. The van der Waals surface area contributed by atoms with Gasteiger partial charge in [-0.15, -0.1) is 0 Å². The van der Waals surface area contributed by atoms with Crippen LogP contribution in [0.1, 0.15) is 34.8 Å². The highest BCUT2D eigenvalue weighted by atomic mass is 19.1. The van der Waals surface area contributed by atoms with Crippen LogP contribution in [0.25, 0.3) is 16.6 Å². The molecule has 1 aliphatic heterocycles. The highest BCUT2D eigenvalue weighted by Crippen LogP contribution is 2.41. The molecule has 1 fully saturated rings. The molecular formula is C24H19F2N3O2. The molecule has 1 N–H and O–H groups in total. The van der Waals surface area contributed by atoms with Crippen LogP contribution in [0.5, 0.6) is 0 Å². The van der Waals surface area contributed by atoms with Crippen molar-refractivity contribution >= 4 is 17.2 Å². The first-order chi connectivity index (χ1) is 15.0. The SMILES string of the molecule is O=C(O)c1cnn2ccc(N3CCC[C@@H]3c3cc(F)ccc3-c3ccc(F)cc3)cc12. The number of aromatic nitrogens is 2. The zero-order valence-electron chi connectivity index (χ0n) is 16.5. The van der Waals surface area contributed by atoms with Crippen LogP contribution in [0.2, 0.25) is 0 Å². The summed E-state index contributed by atoms with van der Waals surface area (Å²) in [5, 5.41) is 13.5. The Morgan fingerprint density at radius 3 is 2.58 bits per heavy atom. The number of fused-ring (bicyclic) bond motifs is 1. The van der Waals surface area contributed by atoms with Crippen LogP contribution in [-0.4, -0.2) is 27.2 Å². The van der Waals surface area contributed by atoms with Gasteiger partial charge >= 0.3 is 5.97 Å². The third kappa shape index (κ3) is 3.42. The molecule has 1 atom stereocenters. The number of halogens is 2. The number of carboxylic acid groups (broad SMARTS) is 1. The van der Waals surface area contributed by atoms with E-state index in [9.17, 15) is 18.7 Å². The van der Waals surface area contributed by atoms with Crippen LogP contribution < -0.4 is 4.90 Å². The summed E-state index contributed by atoms with van der Waals surface area (Å²) < 4.78 is 29.2. The number of benzene rings is 2. The second kappa shape index (κ2) is 7.50. The Morgan fingerprint density at radius 2 is 1.81 bits per heavy atom. The third-order valence-corrected chi connectivity index (χ3v) is 5.85. The molecule has 156 valence electrons. The predicted octanol–water partition coefficient (Wildman–Crippen LogP) is 5.32. The second-order valence-corrected chi connectivity index (χ2v) is 7.67. The summed E-state index contributed by atoms with van der Waals surface area (Å²) in [5.74, 6) is -1.68. The number of rotatable bonds is 4. The predicted molar refractivity (Wildman–Crippen MR) is 113 cm³/mol. The Bertz CT molecular complexity index is 1280. The van der Waals surface area contributed by atoms with Gasteiger partial charge in [0.1, 0.15) is 17.2 Å². The summed E-state index contributed by atoms with van der Waals surface area (Å²) in [5.41, 5.74) is 4.00. The first kappa shape index (κ1) is 19.2. The molecule has 5 nitrogen and oxygen atoms in total. The number of aromatic carboxylic acids is 1. The maximum atomic E-state index is 14.3. The van der Waals surface area contributed by atoms with Crippen LogP contribution in [0.4, 0.5) is 14.5 Å². The fourth-order valence-electron chi connectivity index (χ4n) is 4.41. The minimum absolute atomic E-state index is 0.0885. The Balaban J connectivity index is 1.59. The molecule has 7 heteroatoms. The first-order valence-corrected chi connectivity index (χ1v) is 10.0. The van der Waals surface area contributed by atoms with E-state index in [-0.39, 0.29) is 23.2 Å². The Kier molecular flexibility index (Phi) is 4.66. The maximum Gasteiger partial charge on any atom is 0.339 e. The molecule has 1 aliphatic rings. The Labute approximate surface area is 177 Å². The van der Waals surface area contributed by atoms with Gasteiger partial charge in [-0.05, 0) is 65.9 Å². The topological polar surface area (TPSA) is 57.8 Å². The molecule has 3 heterocycles. The Hall–Kier alpha value is -3.74. The zero-order chi connectivity index (χ0) is 21.5. The standard InChI is InChI=1S/C24H19F2N3O2/c25-16-5-3-15(4-6-16)19-8-7-17(26)12-20(19)22-2-1-10-28(22)18-9-11-29-23(13-18)21(14-27-29)24(30)31/h3-9,11-14,22H,1-2,10H2,(H,30,31)/t22-/m1/s1. The van der Waals surface area contributed by atoms with Crippen molar-refractivity contribution in [2.75, 3.05) is 11.4 Å². The molecule has 0 aliphatic carbocycles. The summed E-state index contributed by atoms with van der Waals surface area (Å²) in [4.78, 5) is 13.7. The van der Waals surface area contributed by atoms with Crippen LogP contribution in [0.15, 0.2) is 67.0 Å². The number of nitrogens with zero attached hydrogens (tertiary/aromatic N) is 3. The second-order valence-electron chi connectivity index (χ2n) is 7.67. The average Bonchev–Trinajstić information content (AvgIpc) is 3.41. The number of hydrogen-bond acceptors (Lipinski definition) is 3. The van der Waals surface area contributed by atoms with Crippen LogP contribution in [0.3, 0.4) is 0 Å². The summed E-state index contributed by atoms with van der Waals surface area (Å²) in [6, 6.07) is 14.5. The van der Waals surface area contributed by atoms with Gasteiger partial charge in [-0.25, -0.2) is 18.1 Å². The van der Waals surface area contributed by atoms with E-state index in [1.807, 2.05) is 12.1 Å². The van der Waals surface area contributed by atoms with Gasteiger partial charge in [0.2, 0.25) is 0 Å². The number of pyridine rings is 1. The van der Waals surface area contributed by atoms with Crippen LogP contribution >= 0.6 is 0 Å². The van der Waals surface area contributed by atoms with E-state index in [1.165, 1.54) is 28.9 Å². The molecule has 4 aromatic rings. The van der Waals surface area contributed by atoms with E-state index in [0.717, 1.165) is 41.8 Å². The molecule has 0 amide bonds. The lowest BCUT2D eigenvalue weighted by Crippen LogP contribution is -2.23. The molecule has 2 aromatic carbocycles. The van der Waals surface area contributed by atoms with Gasteiger partial charge in [-0.1, -0.05) is 18.2 Å². The molecule has 31 heavy (non-hydrogen) atoms. The number of carbonyl (C=O) groups is 1. The third-order valence-electron chi connectivity index (χ3n) is 5.85. The monoisotopic (exact) mass is 419 g/mol. The van der Waals surface area contributed by atoms with Crippen molar-refractivity contribution in [3.05, 3.63) is 89.8 Å². The maximum absolute atomic E-state index is 14.3. The molecule has 1 saturated heterocycles. The molecule has 0 spiro atoms. The van der Waals surface area contributed by atoms with Crippen molar-refractivity contribution in [3.63, 3.8) is 0 Å². The fourth-order valence-corrected chi connectivity index (χ4v) is 4.41. The van der Waals surface area contributed by atoms with Gasteiger partial charge < -0.3 is 10.0 Å². The number of anilines is 1. The van der Waals surface area contributed by atoms with Gasteiger partial charge in [0, 0.05) is 18.4 Å². The van der Waals surface area contributed by atoms with Crippen molar-refractivity contribution in [3.8, 4) is 11.1 Å². The van der Waals surface area contributed by atoms with Crippen LogP contribution in [0, 0.1) is 11.6 Å². The summed E-state index contributed by atoms with van der Waals surface area (Å²) in [6.45, 7) is 0.761. The molecule has 0 radical (unpaired) electrons. The van der Waals surface area contributed by atoms with Crippen molar-refractivity contribution in [1.82, 2.24) is 9.61 Å². The largest absolute Gasteiger partial charge is 0.478 e.